The molecule has 1 unspecified atom stereocenters. The number of nitrogens with zero attached hydrogens (tertiary/aromatic N) is 1. The van der Waals surface area contributed by atoms with E-state index in [-0.39, 0.29) is 29.2 Å². The lowest BCUT2D eigenvalue weighted by molar-refractivity contribution is 0.101. The van der Waals surface area contributed by atoms with Crippen LogP contribution in [0.4, 0.5) is 4.39 Å². The monoisotopic (exact) mass is 414 g/mol. The zero-order valence-electron chi connectivity index (χ0n) is 16.7. The highest BCUT2D eigenvalue weighted by Gasteiger charge is 2.26. The third-order valence-electron chi connectivity index (χ3n) is 5.63. The van der Waals surface area contributed by atoms with Crippen molar-refractivity contribution in [1.82, 2.24) is 5.43 Å². The van der Waals surface area contributed by atoms with Crippen LogP contribution in [-0.2, 0) is 0 Å². The summed E-state index contributed by atoms with van der Waals surface area (Å²) in [7, 11) is 0. The van der Waals surface area contributed by atoms with Crippen LogP contribution in [0.1, 0.15) is 45.3 Å². The number of fused-ring (bicyclic) bond motifs is 1. The number of benzene rings is 3. The zero-order chi connectivity index (χ0) is 21.5. The number of phenolic OH excluding ortho intramolecular Hbond substituents is 1. The second kappa shape index (κ2) is 7.40. The average Bonchev–Trinajstić information content (AvgIpc) is 3.39. The number of carbonyl (C=O) groups is 1. The van der Waals surface area contributed by atoms with Crippen molar-refractivity contribution >= 4 is 22.5 Å². The summed E-state index contributed by atoms with van der Waals surface area (Å²) in [4.78, 5) is 12.9. The molecule has 1 aromatic heterocycles. The minimum Gasteiger partial charge on any atom is -0.507 e. The van der Waals surface area contributed by atoms with Gasteiger partial charge in [0.05, 0.1) is 11.8 Å². The number of aryl methyl sites for hydroxylation is 1. The Bertz CT molecular complexity index is 1320. The van der Waals surface area contributed by atoms with E-state index in [1.165, 1.54) is 18.2 Å². The number of rotatable bonds is 4. The van der Waals surface area contributed by atoms with Gasteiger partial charge in [0.1, 0.15) is 17.1 Å². The summed E-state index contributed by atoms with van der Waals surface area (Å²) in [5.74, 6) is -0.206. The van der Waals surface area contributed by atoms with E-state index in [0.717, 1.165) is 10.9 Å². The molecule has 2 heterocycles. The third kappa shape index (κ3) is 3.36. The quantitative estimate of drug-likeness (QED) is 0.447. The van der Waals surface area contributed by atoms with E-state index in [0.29, 0.717) is 34.4 Å². The van der Waals surface area contributed by atoms with Crippen molar-refractivity contribution in [1.29, 1.82) is 0 Å². The normalized spacial score (nSPS) is 15.7. The minimum absolute atomic E-state index is 0.0280. The lowest BCUT2D eigenvalue weighted by Gasteiger charge is -2.10. The number of furan rings is 1. The molecule has 0 fully saturated rings. The predicted molar refractivity (Wildman–Crippen MR) is 116 cm³/mol. The summed E-state index contributed by atoms with van der Waals surface area (Å²) in [6, 6.07) is 18.4. The standard InChI is InChI=1S/C25H19FN2O3/c1-14-18-11-19(21-12-20(27-28-21)15-7-9-17(26)10-8-15)22(29)13-23(18)31-25(14)24(30)16-5-3-2-4-6-16/h2-11,13,20,27,29H,12H2,1H3. The molecule has 0 spiro atoms. The van der Waals surface area contributed by atoms with E-state index in [4.69, 9.17) is 4.42 Å². The van der Waals surface area contributed by atoms with Crippen molar-refractivity contribution in [3.63, 3.8) is 0 Å². The summed E-state index contributed by atoms with van der Waals surface area (Å²) in [6.45, 7) is 1.83. The van der Waals surface area contributed by atoms with Crippen LogP contribution in [0.25, 0.3) is 11.0 Å². The molecule has 154 valence electrons. The van der Waals surface area contributed by atoms with E-state index < -0.39 is 0 Å². The fraction of sp³-hybridized carbons (Fsp3) is 0.120. The summed E-state index contributed by atoms with van der Waals surface area (Å²) >= 11 is 0. The smallest absolute Gasteiger partial charge is 0.228 e. The Kier molecular flexibility index (Phi) is 4.55. The molecule has 1 aliphatic rings. The second-order valence-electron chi connectivity index (χ2n) is 7.61. The van der Waals surface area contributed by atoms with Gasteiger partial charge < -0.3 is 14.9 Å². The number of halogens is 1. The van der Waals surface area contributed by atoms with Crippen molar-refractivity contribution in [2.75, 3.05) is 0 Å². The molecule has 3 aromatic carbocycles. The predicted octanol–water partition coefficient (Wildman–Crippen LogP) is 5.26. The highest BCUT2D eigenvalue weighted by molar-refractivity contribution is 6.12. The van der Waals surface area contributed by atoms with Gasteiger partial charge in [0, 0.05) is 34.6 Å². The SMILES string of the molecule is Cc1c(C(=O)c2ccccc2)oc2cc(O)c(C3=NNC(c4ccc(F)cc4)C3)cc12. The summed E-state index contributed by atoms with van der Waals surface area (Å²) in [5, 5.41) is 15.8. The van der Waals surface area contributed by atoms with Crippen LogP contribution in [0.15, 0.2) is 76.2 Å². The van der Waals surface area contributed by atoms with Gasteiger partial charge in [-0.05, 0) is 30.7 Å². The van der Waals surface area contributed by atoms with Crippen molar-refractivity contribution < 1.29 is 18.7 Å². The Morgan fingerprint density at radius 3 is 2.61 bits per heavy atom. The number of hydrazone groups is 1. The molecule has 1 aliphatic heterocycles. The highest BCUT2D eigenvalue weighted by atomic mass is 19.1. The molecule has 1 atom stereocenters. The van der Waals surface area contributed by atoms with Gasteiger partial charge in [0.15, 0.2) is 5.76 Å². The molecule has 0 saturated carbocycles. The van der Waals surface area contributed by atoms with Gasteiger partial charge in [-0.25, -0.2) is 4.39 Å². The summed E-state index contributed by atoms with van der Waals surface area (Å²) in [6.07, 6.45) is 0.539. The Morgan fingerprint density at radius 1 is 1.13 bits per heavy atom. The van der Waals surface area contributed by atoms with Gasteiger partial charge in [-0.1, -0.05) is 42.5 Å². The Labute approximate surface area is 177 Å². The van der Waals surface area contributed by atoms with Gasteiger partial charge >= 0.3 is 0 Å². The number of aromatic hydroxyl groups is 1. The van der Waals surface area contributed by atoms with Crippen LogP contribution in [0, 0.1) is 12.7 Å². The van der Waals surface area contributed by atoms with Gasteiger partial charge in [-0.3, -0.25) is 4.79 Å². The molecule has 2 N–H and O–H groups in total. The molecular weight excluding hydrogens is 395 g/mol. The minimum atomic E-state index is -0.290. The first-order chi connectivity index (χ1) is 15.0. The van der Waals surface area contributed by atoms with Crippen molar-refractivity contribution in [3.05, 3.63) is 101 Å². The summed E-state index contributed by atoms with van der Waals surface area (Å²) < 4.78 is 19.0. The first kappa shape index (κ1) is 19.1. The van der Waals surface area contributed by atoms with Crippen LogP contribution < -0.4 is 5.43 Å². The fourth-order valence-corrected chi connectivity index (χ4v) is 3.92. The first-order valence-electron chi connectivity index (χ1n) is 9.95. The number of hydrogen-bond donors (Lipinski definition) is 2. The second-order valence-corrected chi connectivity index (χ2v) is 7.61. The number of hydrogen-bond acceptors (Lipinski definition) is 5. The molecular formula is C25H19FN2O3. The van der Waals surface area contributed by atoms with Crippen molar-refractivity contribution in [2.45, 2.75) is 19.4 Å². The van der Waals surface area contributed by atoms with Crippen LogP contribution in [-0.4, -0.2) is 16.6 Å². The maximum Gasteiger partial charge on any atom is 0.228 e. The van der Waals surface area contributed by atoms with E-state index in [1.54, 1.807) is 42.5 Å². The molecule has 31 heavy (non-hydrogen) atoms. The van der Waals surface area contributed by atoms with E-state index >= 15 is 0 Å². The number of carbonyl (C=O) groups excluding carboxylic acids is 1. The molecule has 5 nitrogen and oxygen atoms in total. The van der Waals surface area contributed by atoms with Crippen molar-refractivity contribution in [2.24, 2.45) is 5.10 Å². The molecule has 0 aliphatic carbocycles. The molecule has 0 bridgehead atoms. The van der Waals surface area contributed by atoms with Gasteiger partial charge in [-0.15, -0.1) is 0 Å². The lowest BCUT2D eigenvalue weighted by atomic mass is 9.97. The van der Waals surface area contributed by atoms with Crippen LogP contribution in [0.2, 0.25) is 0 Å². The van der Waals surface area contributed by atoms with Crippen LogP contribution in [0.3, 0.4) is 0 Å². The molecule has 0 amide bonds. The Hall–Kier alpha value is -3.93. The number of nitrogens with one attached hydrogen (secondary N) is 1. The Balaban J connectivity index is 1.48. The van der Waals surface area contributed by atoms with Crippen LogP contribution >= 0.6 is 0 Å². The molecule has 6 heteroatoms. The largest absolute Gasteiger partial charge is 0.507 e. The zero-order valence-corrected chi connectivity index (χ0v) is 16.7. The van der Waals surface area contributed by atoms with E-state index in [9.17, 15) is 14.3 Å². The van der Waals surface area contributed by atoms with E-state index in [1.807, 2.05) is 13.0 Å². The molecule has 0 radical (unpaired) electrons. The summed E-state index contributed by atoms with van der Waals surface area (Å²) in [5.41, 5.74) is 6.93. The van der Waals surface area contributed by atoms with Gasteiger partial charge in [0.25, 0.3) is 0 Å². The van der Waals surface area contributed by atoms with Crippen molar-refractivity contribution in [3.8, 4) is 5.75 Å². The maximum absolute atomic E-state index is 13.2. The molecule has 4 aromatic rings. The topological polar surface area (TPSA) is 74.8 Å². The lowest BCUT2D eigenvalue weighted by Crippen LogP contribution is -2.09. The Morgan fingerprint density at radius 2 is 1.87 bits per heavy atom. The average molecular weight is 414 g/mol. The van der Waals surface area contributed by atoms with Gasteiger partial charge in [0.2, 0.25) is 5.78 Å². The number of phenols is 1. The molecule has 0 saturated heterocycles. The first-order valence-corrected chi connectivity index (χ1v) is 9.95. The van der Waals surface area contributed by atoms with Crippen LogP contribution in [0.5, 0.6) is 5.75 Å². The van der Waals surface area contributed by atoms with E-state index in [2.05, 4.69) is 10.5 Å². The fourth-order valence-electron chi connectivity index (χ4n) is 3.92. The highest BCUT2D eigenvalue weighted by Crippen LogP contribution is 2.35. The maximum atomic E-state index is 13.2. The molecule has 5 rings (SSSR count). The number of ketones is 1. The van der Waals surface area contributed by atoms with Gasteiger partial charge in [-0.2, -0.15) is 5.10 Å². The third-order valence-corrected chi connectivity index (χ3v) is 5.63.